The lowest BCUT2D eigenvalue weighted by molar-refractivity contribution is -0.125. The molecule has 1 saturated heterocycles. The predicted molar refractivity (Wildman–Crippen MR) is 126 cm³/mol. The molecule has 0 unspecified atom stereocenters. The van der Waals surface area contributed by atoms with Crippen LogP contribution in [0.2, 0.25) is 0 Å². The molecular formula is C23H29N5O3S. The Labute approximate surface area is 191 Å². The first-order valence-corrected chi connectivity index (χ1v) is 12.0. The molecule has 0 aliphatic carbocycles. The molecular weight excluding hydrogens is 426 g/mol. The van der Waals surface area contributed by atoms with Gasteiger partial charge in [0, 0.05) is 37.3 Å². The van der Waals surface area contributed by atoms with Crippen LogP contribution in [-0.4, -0.2) is 40.2 Å². The molecule has 9 heteroatoms. The van der Waals surface area contributed by atoms with E-state index in [1.54, 1.807) is 6.07 Å². The topological polar surface area (TPSA) is 88.8 Å². The number of hydrogen-bond donors (Lipinski definition) is 1. The number of nitrogens with zero attached hydrogens (tertiary/aromatic N) is 4. The lowest BCUT2D eigenvalue weighted by atomic mass is 9.96. The molecule has 1 aromatic carbocycles. The van der Waals surface area contributed by atoms with Gasteiger partial charge in [-0.25, -0.2) is 4.98 Å². The van der Waals surface area contributed by atoms with Gasteiger partial charge in [0.25, 0.3) is 5.56 Å². The lowest BCUT2D eigenvalue weighted by Gasteiger charge is -2.30. The summed E-state index contributed by atoms with van der Waals surface area (Å²) in [5.74, 6) is 0.911. The zero-order valence-corrected chi connectivity index (χ0v) is 19.4. The highest BCUT2D eigenvalue weighted by atomic mass is 32.1. The van der Waals surface area contributed by atoms with Crippen LogP contribution in [0.3, 0.4) is 0 Å². The van der Waals surface area contributed by atoms with Gasteiger partial charge in [-0.1, -0.05) is 36.8 Å². The van der Waals surface area contributed by atoms with E-state index in [0.717, 1.165) is 60.9 Å². The highest BCUT2D eigenvalue weighted by Crippen LogP contribution is 2.27. The van der Waals surface area contributed by atoms with Crippen LogP contribution in [0.4, 0.5) is 5.13 Å². The third-order valence-corrected chi connectivity index (χ3v) is 6.60. The molecule has 1 N–H and O–H groups in total. The van der Waals surface area contributed by atoms with Crippen LogP contribution in [-0.2, 0) is 17.8 Å². The van der Waals surface area contributed by atoms with E-state index in [1.807, 2.05) is 31.2 Å². The monoisotopic (exact) mass is 455 g/mol. The maximum atomic E-state index is 12.6. The first-order valence-electron chi connectivity index (χ1n) is 11.2. The Morgan fingerprint density at radius 2 is 1.97 bits per heavy atom. The molecule has 0 atom stereocenters. The summed E-state index contributed by atoms with van der Waals surface area (Å²) < 4.78 is 6.84. The van der Waals surface area contributed by atoms with E-state index >= 15 is 0 Å². The summed E-state index contributed by atoms with van der Waals surface area (Å²) >= 11 is 1.44. The predicted octanol–water partition coefficient (Wildman–Crippen LogP) is 3.04. The van der Waals surface area contributed by atoms with E-state index in [-0.39, 0.29) is 17.4 Å². The normalized spacial score (nSPS) is 14.6. The molecule has 0 radical (unpaired) electrons. The van der Waals surface area contributed by atoms with Gasteiger partial charge in [0.15, 0.2) is 0 Å². The Morgan fingerprint density at radius 1 is 1.22 bits per heavy atom. The molecule has 0 bridgehead atoms. The number of amides is 1. The quantitative estimate of drug-likeness (QED) is 0.562. The lowest BCUT2D eigenvalue weighted by Crippen LogP contribution is -2.40. The fourth-order valence-corrected chi connectivity index (χ4v) is 4.87. The first kappa shape index (κ1) is 22.3. The first-order chi connectivity index (χ1) is 15.6. The summed E-state index contributed by atoms with van der Waals surface area (Å²) in [6, 6.07) is 9.37. The molecule has 170 valence electrons. The number of fused-ring (bicyclic) bond motifs is 1. The van der Waals surface area contributed by atoms with Gasteiger partial charge in [-0.3, -0.25) is 9.59 Å². The van der Waals surface area contributed by atoms with E-state index in [2.05, 4.69) is 27.2 Å². The summed E-state index contributed by atoms with van der Waals surface area (Å²) in [6.07, 6.45) is 3.25. The van der Waals surface area contributed by atoms with Crippen LogP contribution in [0.15, 0.2) is 35.1 Å². The third-order valence-electron chi connectivity index (χ3n) is 5.63. The van der Waals surface area contributed by atoms with Crippen molar-refractivity contribution < 1.29 is 9.53 Å². The number of piperidine rings is 1. The second-order valence-electron chi connectivity index (χ2n) is 7.97. The molecule has 2 aromatic heterocycles. The molecule has 1 fully saturated rings. The zero-order chi connectivity index (χ0) is 22.5. The number of rotatable bonds is 8. The number of nitrogens with one attached hydrogen (secondary N) is 1. The third kappa shape index (κ3) is 5.09. The molecule has 3 heterocycles. The summed E-state index contributed by atoms with van der Waals surface area (Å²) in [5.41, 5.74) is 1.73. The highest BCUT2D eigenvalue weighted by Gasteiger charge is 2.26. The van der Waals surface area contributed by atoms with Crippen molar-refractivity contribution in [2.75, 3.05) is 24.6 Å². The van der Waals surface area contributed by atoms with E-state index in [1.165, 1.54) is 15.9 Å². The number of carbonyl (C=O) groups excluding carboxylic acids is 1. The minimum absolute atomic E-state index is 0.0136. The van der Waals surface area contributed by atoms with Gasteiger partial charge in [-0.05, 0) is 43.9 Å². The van der Waals surface area contributed by atoms with Crippen molar-refractivity contribution in [3.05, 3.63) is 51.9 Å². The maximum Gasteiger partial charge on any atom is 0.275 e. The van der Waals surface area contributed by atoms with E-state index in [0.29, 0.717) is 18.1 Å². The SMILES string of the molecule is CCCc1cc(=O)n2nc(N3CCC(C(=O)NCc4ccc(OCC)cc4)CC3)sc2n1. The Morgan fingerprint density at radius 3 is 2.66 bits per heavy atom. The van der Waals surface area contributed by atoms with Crippen molar-refractivity contribution in [3.63, 3.8) is 0 Å². The smallest absolute Gasteiger partial charge is 0.275 e. The fourth-order valence-electron chi connectivity index (χ4n) is 3.89. The fraction of sp³-hybridized carbons (Fsp3) is 0.478. The number of benzene rings is 1. The van der Waals surface area contributed by atoms with Gasteiger partial charge in [0.1, 0.15) is 5.75 Å². The molecule has 1 aliphatic rings. The largest absolute Gasteiger partial charge is 0.494 e. The van der Waals surface area contributed by atoms with Gasteiger partial charge in [0.05, 0.1) is 6.61 Å². The molecule has 0 saturated carbocycles. The number of ether oxygens (including phenoxy) is 1. The molecule has 0 spiro atoms. The Bertz CT molecular complexity index is 1120. The average molecular weight is 456 g/mol. The number of anilines is 1. The van der Waals surface area contributed by atoms with Crippen LogP contribution < -0.4 is 20.5 Å². The van der Waals surface area contributed by atoms with E-state index in [4.69, 9.17) is 4.74 Å². The Kier molecular flexibility index (Phi) is 7.04. The van der Waals surface area contributed by atoms with E-state index < -0.39 is 0 Å². The van der Waals surface area contributed by atoms with Crippen molar-refractivity contribution in [2.45, 2.75) is 46.1 Å². The van der Waals surface area contributed by atoms with E-state index in [9.17, 15) is 9.59 Å². The number of hydrogen-bond acceptors (Lipinski definition) is 7. The Hall–Kier alpha value is -2.94. The van der Waals surface area contributed by atoms with Crippen molar-refractivity contribution in [1.29, 1.82) is 0 Å². The summed E-state index contributed by atoms with van der Waals surface area (Å²) in [6.45, 7) is 6.64. The molecule has 1 amide bonds. The second kappa shape index (κ2) is 10.1. The number of aromatic nitrogens is 3. The minimum Gasteiger partial charge on any atom is -0.494 e. The number of aryl methyl sites for hydroxylation is 1. The molecule has 4 rings (SSSR count). The Balaban J connectivity index is 1.32. The van der Waals surface area contributed by atoms with Gasteiger partial charge in [0.2, 0.25) is 16.0 Å². The molecule has 1 aliphatic heterocycles. The van der Waals surface area contributed by atoms with Gasteiger partial charge in [-0.2, -0.15) is 4.52 Å². The maximum absolute atomic E-state index is 12.6. The van der Waals surface area contributed by atoms with Crippen LogP contribution in [0, 0.1) is 5.92 Å². The van der Waals surface area contributed by atoms with Gasteiger partial charge >= 0.3 is 0 Å². The summed E-state index contributed by atoms with van der Waals surface area (Å²) in [7, 11) is 0. The highest BCUT2D eigenvalue weighted by molar-refractivity contribution is 7.20. The number of carbonyl (C=O) groups is 1. The van der Waals surface area contributed by atoms with Crippen molar-refractivity contribution in [3.8, 4) is 5.75 Å². The van der Waals surface area contributed by atoms with Crippen LogP contribution in [0.5, 0.6) is 5.75 Å². The van der Waals surface area contributed by atoms with Crippen molar-refractivity contribution >= 4 is 27.3 Å². The van der Waals surface area contributed by atoms with Crippen LogP contribution in [0.1, 0.15) is 44.4 Å². The zero-order valence-electron chi connectivity index (χ0n) is 18.5. The molecule has 32 heavy (non-hydrogen) atoms. The van der Waals surface area contributed by atoms with Crippen molar-refractivity contribution in [2.24, 2.45) is 5.92 Å². The molecule has 8 nitrogen and oxygen atoms in total. The standard InChI is InChI=1S/C23H29N5O3S/c1-3-5-18-14-20(29)28-22(25-18)32-23(26-28)27-12-10-17(11-13-27)21(30)24-15-16-6-8-19(9-7-16)31-4-2/h6-9,14,17H,3-5,10-13,15H2,1-2H3,(H,24,30). The second-order valence-corrected chi connectivity index (χ2v) is 8.91. The molecule has 3 aromatic rings. The summed E-state index contributed by atoms with van der Waals surface area (Å²) in [4.78, 5) is 32.3. The van der Waals surface area contributed by atoms with Crippen LogP contribution in [0.25, 0.3) is 4.96 Å². The van der Waals surface area contributed by atoms with Gasteiger partial charge in [-0.15, -0.1) is 5.10 Å². The van der Waals surface area contributed by atoms with Gasteiger partial charge < -0.3 is 15.0 Å². The van der Waals surface area contributed by atoms with Crippen LogP contribution >= 0.6 is 11.3 Å². The summed E-state index contributed by atoms with van der Waals surface area (Å²) in [5, 5.41) is 8.32. The minimum atomic E-state index is -0.135. The average Bonchev–Trinajstić information content (AvgIpc) is 3.24. The van der Waals surface area contributed by atoms with Crippen molar-refractivity contribution in [1.82, 2.24) is 19.9 Å².